The lowest BCUT2D eigenvalue weighted by Gasteiger charge is -2.08. The number of carbonyl (C=O) groups is 1. The van der Waals surface area contributed by atoms with Gasteiger partial charge in [-0.15, -0.1) is 0 Å². The van der Waals surface area contributed by atoms with E-state index in [1.54, 1.807) is 12.1 Å². The highest BCUT2D eigenvalue weighted by Gasteiger charge is 2.06. The van der Waals surface area contributed by atoms with Crippen molar-refractivity contribution in [3.63, 3.8) is 0 Å². The molecule has 12 heteroatoms. The number of anilines is 1. The molecule has 180 valence electrons. The van der Waals surface area contributed by atoms with E-state index in [1.165, 1.54) is 24.3 Å². The van der Waals surface area contributed by atoms with Crippen LogP contribution in [-0.4, -0.2) is 60.4 Å². The summed E-state index contributed by atoms with van der Waals surface area (Å²) in [6.45, 7) is 3.32. The van der Waals surface area contributed by atoms with Crippen molar-refractivity contribution in [3.05, 3.63) is 48.5 Å². The number of primary sulfonamides is 1. The minimum Gasteiger partial charge on any atom is -0.385 e. The van der Waals surface area contributed by atoms with Gasteiger partial charge in [0.1, 0.15) is 0 Å². The molecule has 0 saturated heterocycles. The minimum atomic E-state index is -3.73. The number of nitrogens with two attached hydrogens (primary N) is 2. The fourth-order valence-electron chi connectivity index (χ4n) is 2.54. The molecule has 6 N–H and O–H groups in total. The molecule has 0 aliphatic carbocycles. The third kappa shape index (κ3) is 11.0. The fourth-order valence-corrected chi connectivity index (χ4v) is 3.06. The molecule has 2 aromatic rings. The SMILES string of the molecule is NCCOCCOCCNC(=O)CCNc1ccc(/N=N/c2ccc(S(N)(=O)=O)cc2)cc1. The number of rotatable bonds is 15. The van der Waals surface area contributed by atoms with Crippen LogP contribution >= 0.6 is 0 Å². The largest absolute Gasteiger partial charge is 0.385 e. The zero-order valence-corrected chi connectivity index (χ0v) is 19.1. The molecule has 0 heterocycles. The molecule has 0 spiro atoms. The van der Waals surface area contributed by atoms with E-state index in [-0.39, 0.29) is 10.8 Å². The summed E-state index contributed by atoms with van der Waals surface area (Å²) < 4.78 is 33.0. The molecule has 0 fully saturated rings. The zero-order valence-electron chi connectivity index (χ0n) is 18.3. The standard InChI is InChI=1S/C21H30N6O5S/c22-10-13-31-15-16-32-14-12-25-21(28)9-11-24-17-1-3-18(4-2-17)26-27-19-5-7-20(8-6-19)33(23,29)30/h1-8,24H,9-16,22H2,(H,25,28)(H2,23,29,30)/b27-26+. The van der Waals surface area contributed by atoms with Gasteiger partial charge in [-0.1, -0.05) is 0 Å². The summed E-state index contributed by atoms with van der Waals surface area (Å²) in [4.78, 5) is 11.9. The van der Waals surface area contributed by atoms with Crippen molar-refractivity contribution >= 4 is 33.0 Å². The second-order valence-electron chi connectivity index (χ2n) is 6.83. The number of ether oxygens (including phenoxy) is 2. The van der Waals surface area contributed by atoms with Crippen molar-refractivity contribution in [1.29, 1.82) is 0 Å². The molecule has 0 aromatic heterocycles. The van der Waals surface area contributed by atoms with Gasteiger partial charge in [0.05, 0.1) is 42.7 Å². The van der Waals surface area contributed by atoms with Gasteiger partial charge in [-0.3, -0.25) is 4.79 Å². The number of benzene rings is 2. The Hall–Kier alpha value is -2.90. The van der Waals surface area contributed by atoms with Gasteiger partial charge in [0, 0.05) is 31.7 Å². The first kappa shape index (κ1) is 26.4. The molecule has 33 heavy (non-hydrogen) atoms. The third-order valence-corrected chi connectivity index (χ3v) is 5.13. The predicted octanol–water partition coefficient (Wildman–Crippen LogP) is 1.66. The van der Waals surface area contributed by atoms with Gasteiger partial charge < -0.3 is 25.8 Å². The van der Waals surface area contributed by atoms with Gasteiger partial charge in [0.15, 0.2) is 0 Å². The van der Waals surface area contributed by atoms with Crippen molar-refractivity contribution in [1.82, 2.24) is 5.32 Å². The molecule has 0 radical (unpaired) electrons. The number of carbonyl (C=O) groups excluding carboxylic acids is 1. The summed E-state index contributed by atoms with van der Waals surface area (Å²) in [6, 6.07) is 13.0. The average Bonchev–Trinajstić information content (AvgIpc) is 2.80. The fraction of sp³-hybridized carbons (Fsp3) is 0.381. The van der Waals surface area contributed by atoms with Crippen molar-refractivity contribution in [2.75, 3.05) is 51.4 Å². The molecule has 0 atom stereocenters. The molecule has 2 rings (SSSR count). The van der Waals surface area contributed by atoms with E-state index in [2.05, 4.69) is 20.9 Å². The summed E-state index contributed by atoms with van der Waals surface area (Å²) in [5, 5.41) is 19.2. The van der Waals surface area contributed by atoms with Crippen LogP contribution in [0.1, 0.15) is 6.42 Å². The van der Waals surface area contributed by atoms with Crippen molar-refractivity contribution in [2.45, 2.75) is 11.3 Å². The van der Waals surface area contributed by atoms with Crippen LogP contribution < -0.4 is 21.5 Å². The Bertz CT molecular complexity index is 981. The molecular weight excluding hydrogens is 448 g/mol. The van der Waals surface area contributed by atoms with Crippen LogP contribution in [0.25, 0.3) is 0 Å². The number of nitrogens with zero attached hydrogens (tertiary/aromatic N) is 2. The van der Waals surface area contributed by atoms with Crippen molar-refractivity contribution in [3.8, 4) is 0 Å². The van der Waals surface area contributed by atoms with E-state index in [1.807, 2.05) is 12.1 Å². The first-order valence-corrected chi connectivity index (χ1v) is 11.9. The third-order valence-electron chi connectivity index (χ3n) is 4.20. The van der Waals surface area contributed by atoms with Crippen LogP contribution in [-0.2, 0) is 24.3 Å². The lowest BCUT2D eigenvalue weighted by atomic mass is 10.3. The number of hydrogen-bond acceptors (Lipinski definition) is 9. The topological polar surface area (TPSA) is 170 Å². The quantitative estimate of drug-likeness (QED) is 0.223. The molecule has 0 saturated carbocycles. The number of sulfonamides is 1. The summed E-state index contributed by atoms with van der Waals surface area (Å²) in [6.07, 6.45) is 0.329. The Kier molecular flexibility index (Phi) is 11.4. The number of hydrogen-bond donors (Lipinski definition) is 4. The smallest absolute Gasteiger partial charge is 0.238 e. The monoisotopic (exact) mass is 478 g/mol. The van der Waals surface area contributed by atoms with Crippen LogP contribution in [0.2, 0.25) is 0 Å². The number of nitrogens with one attached hydrogen (secondary N) is 2. The van der Waals surface area contributed by atoms with Crippen LogP contribution in [0.15, 0.2) is 63.7 Å². The number of amides is 1. The van der Waals surface area contributed by atoms with E-state index in [0.29, 0.717) is 63.9 Å². The molecule has 2 aromatic carbocycles. The first-order valence-electron chi connectivity index (χ1n) is 10.4. The maximum atomic E-state index is 11.8. The Labute approximate surface area is 193 Å². The van der Waals surface area contributed by atoms with Gasteiger partial charge in [-0.25, -0.2) is 13.6 Å². The summed E-state index contributed by atoms with van der Waals surface area (Å²) >= 11 is 0. The minimum absolute atomic E-state index is 0.0167. The lowest BCUT2D eigenvalue weighted by molar-refractivity contribution is -0.121. The van der Waals surface area contributed by atoms with Gasteiger partial charge >= 0.3 is 0 Å². The maximum absolute atomic E-state index is 11.8. The first-order chi connectivity index (χ1) is 15.9. The van der Waals surface area contributed by atoms with Gasteiger partial charge in [0.25, 0.3) is 0 Å². The van der Waals surface area contributed by atoms with E-state index in [9.17, 15) is 13.2 Å². The lowest BCUT2D eigenvalue weighted by Crippen LogP contribution is -2.29. The molecule has 0 bridgehead atoms. The summed E-state index contributed by atoms with van der Waals surface area (Å²) in [5.41, 5.74) is 7.29. The van der Waals surface area contributed by atoms with Crippen molar-refractivity contribution in [2.24, 2.45) is 21.1 Å². The van der Waals surface area contributed by atoms with Crippen LogP contribution in [0.4, 0.5) is 17.1 Å². The molecule has 0 aliphatic heterocycles. The zero-order chi connectivity index (χ0) is 23.9. The molecular formula is C21H30N6O5S. The van der Waals surface area contributed by atoms with Crippen LogP contribution in [0.3, 0.4) is 0 Å². The molecule has 11 nitrogen and oxygen atoms in total. The Balaban J connectivity index is 1.64. The second-order valence-corrected chi connectivity index (χ2v) is 8.39. The summed E-state index contributed by atoms with van der Waals surface area (Å²) in [7, 11) is -3.73. The maximum Gasteiger partial charge on any atom is 0.238 e. The van der Waals surface area contributed by atoms with Gasteiger partial charge in [-0.05, 0) is 48.5 Å². The molecule has 0 aliphatic rings. The number of azo groups is 1. The van der Waals surface area contributed by atoms with E-state index < -0.39 is 10.0 Å². The van der Waals surface area contributed by atoms with Gasteiger partial charge in [0.2, 0.25) is 15.9 Å². The van der Waals surface area contributed by atoms with Crippen LogP contribution in [0.5, 0.6) is 0 Å². The normalized spacial score (nSPS) is 11.6. The van der Waals surface area contributed by atoms with Crippen LogP contribution in [0, 0.1) is 0 Å². The van der Waals surface area contributed by atoms with Crippen molar-refractivity contribution < 1.29 is 22.7 Å². The van der Waals surface area contributed by atoms with E-state index >= 15 is 0 Å². The van der Waals surface area contributed by atoms with E-state index in [0.717, 1.165) is 5.69 Å². The Morgan fingerprint density at radius 3 is 2.00 bits per heavy atom. The Morgan fingerprint density at radius 2 is 1.42 bits per heavy atom. The molecule has 1 amide bonds. The highest BCUT2D eigenvalue weighted by molar-refractivity contribution is 7.89. The highest BCUT2D eigenvalue weighted by atomic mass is 32.2. The predicted molar refractivity (Wildman–Crippen MR) is 125 cm³/mol. The second kappa shape index (κ2) is 14.3. The van der Waals surface area contributed by atoms with E-state index in [4.69, 9.17) is 20.3 Å². The average molecular weight is 479 g/mol. The van der Waals surface area contributed by atoms with Gasteiger partial charge in [-0.2, -0.15) is 10.2 Å². The Morgan fingerprint density at radius 1 is 0.848 bits per heavy atom. The molecule has 0 unspecified atom stereocenters. The highest BCUT2D eigenvalue weighted by Crippen LogP contribution is 2.21. The summed E-state index contributed by atoms with van der Waals surface area (Å²) in [5.74, 6) is -0.0654.